The molecule has 0 bridgehead atoms. The van der Waals surface area contributed by atoms with E-state index in [4.69, 9.17) is 5.11 Å². The second-order valence-corrected chi connectivity index (χ2v) is 7.53. The molecule has 3 nitrogen and oxygen atoms in total. The molecule has 20 heavy (non-hydrogen) atoms. The summed E-state index contributed by atoms with van der Waals surface area (Å²) in [5.74, 6) is 2.76. The standard InChI is InChI=1S/C17H32N2O/c20-8-2-5-16-9-17(18-10-14-3-1-4-14)13-19(12-16)11-15-6-7-15/h14-18,20H,1-13H2. The molecule has 3 heteroatoms. The van der Waals surface area contributed by atoms with Crippen LogP contribution in [-0.2, 0) is 0 Å². The van der Waals surface area contributed by atoms with Crippen LogP contribution in [0.25, 0.3) is 0 Å². The fourth-order valence-electron chi connectivity index (χ4n) is 3.88. The third-order valence-corrected chi connectivity index (χ3v) is 5.52. The minimum atomic E-state index is 0.360. The maximum absolute atomic E-state index is 9.07. The van der Waals surface area contributed by atoms with E-state index in [1.165, 1.54) is 71.1 Å². The number of aliphatic hydroxyl groups excluding tert-OH is 1. The zero-order valence-electron chi connectivity index (χ0n) is 12.9. The Kier molecular flexibility index (Phi) is 5.36. The van der Waals surface area contributed by atoms with Gasteiger partial charge in [0.1, 0.15) is 0 Å². The number of hydrogen-bond acceptors (Lipinski definition) is 3. The van der Waals surface area contributed by atoms with Gasteiger partial charge in [0.25, 0.3) is 0 Å². The minimum absolute atomic E-state index is 0.360. The molecule has 2 aliphatic carbocycles. The second kappa shape index (κ2) is 7.24. The third kappa shape index (κ3) is 4.44. The summed E-state index contributed by atoms with van der Waals surface area (Å²) < 4.78 is 0. The van der Waals surface area contributed by atoms with Gasteiger partial charge in [0.05, 0.1) is 0 Å². The molecule has 0 aromatic carbocycles. The Balaban J connectivity index is 1.45. The van der Waals surface area contributed by atoms with Crippen molar-refractivity contribution in [2.75, 3.05) is 32.8 Å². The molecule has 1 saturated heterocycles. The van der Waals surface area contributed by atoms with Gasteiger partial charge in [-0.3, -0.25) is 0 Å². The van der Waals surface area contributed by atoms with E-state index in [0.29, 0.717) is 12.6 Å². The zero-order valence-corrected chi connectivity index (χ0v) is 12.9. The summed E-state index contributed by atoms with van der Waals surface area (Å²) in [6, 6.07) is 0.701. The molecule has 0 radical (unpaired) electrons. The van der Waals surface area contributed by atoms with Gasteiger partial charge in [0.2, 0.25) is 0 Å². The van der Waals surface area contributed by atoms with Gasteiger partial charge in [0.15, 0.2) is 0 Å². The number of aliphatic hydroxyl groups is 1. The first kappa shape index (κ1) is 14.8. The Morgan fingerprint density at radius 1 is 1.00 bits per heavy atom. The van der Waals surface area contributed by atoms with Crippen LogP contribution in [0, 0.1) is 17.8 Å². The van der Waals surface area contributed by atoms with Crippen molar-refractivity contribution >= 4 is 0 Å². The molecule has 3 aliphatic rings. The summed E-state index contributed by atoms with van der Waals surface area (Å²) >= 11 is 0. The SMILES string of the molecule is OCCCC1CC(NCC2CCC2)CN(CC2CC2)C1. The first-order valence-electron chi connectivity index (χ1n) is 8.90. The number of likely N-dealkylation sites (tertiary alicyclic amines) is 1. The van der Waals surface area contributed by atoms with Gasteiger partial charge >= 0.3 is 0 Å². The quantitative estimate of drug-likeness (QED) is 0.716. The summed E-state index contributed by atoms with van der Waals surface area (Å²) in [5.41, 5.74) is 0. The Morgan fingerprint density at radius 2 is 1.85 bits per heavy atom. The van der Waals surface area contributed by atoms with E-state index in [2.05, 4.69) is 10.2 Å². The Morgan fingerprint density at radius 3 is 2.50 bits per heavy atom. The van der Waals surface area contributed by atoms with Crippen molar-refractivity contribution < 1.29 is 5.11 Å². The zero-order chi connectivity index (χ0) is 13.8. The molecule has 116 valence electrons. The van der Waals surface area contributed by atoms with Crippen LogP contribution in [0.4, 0.5) is 0 Å². The summed E-state index contributed by atoms with van der Waals surface area (Å²) in [7, 11) is 0. The van der Waals surface area contributed by atoms with Crippen molar-refractivity contribution in [1.82, 2.24) is 10.2 Å². The highest BCUT2D eigenvalue weighted by molar-refractivity contribution is 4.87. The summed E-state index contributed by atoms with van der Waals surface area (Å²) in [4.78, 5) is 2.71. The number of rotatable bonds is 8. The van der Waals surface area contributed by atoms with Crippen LogP contribution in [0.1, 0.15) is 51.4 Å². The van der Waals surface area contributed by atoms with E-state index >= 15 is 0 Å². The lowest BCUT2D eigenvalue weighted by atomic mass is 9.84. The molecule has 0 amide bonds. The molecular weight excluding hydrogens is 248 g/mol. The predicted octanol–water partition coefficient (Wildman–Crippen LogP) is 2.25. The summed E-state index contributed by atoms with van der Waals surface area (Å²) in [6.45, 7) is 5.47. The maximum atomic E-state index is 9.07. The van der Waals surface area contributed by atoms with Crippen LogP contribution in [0.3, 0.4) is 0 Å². The second-order valence-electron chi connectivity index (χ2n) is 7.53. The highest BCUT2D eigenvalue weighted by Gasteiger charge is 2.31. The fraction of sp³-hybridized carbons (Fsp3) is 1.00. The monoisotopic (exact) mass is 280 g/mol. The molecule has 2 atom stereocenters. The molecule has 0 spiro atoms. The van der Waals surface area contributed by atoms with Gasteiger partial charge in [0, 0.05) is 32.3 Å². The third-order valence-electron chi connectivity index (χ3n) is 5.52. The van der Waals surface area contributed by atoms with Crippen molar-refractivity contribution in [3.05, 3.63) is 0 Å². The van der Waals surface area contributed by atoms with Crippen molar-refractivity contribution in [3.8, 4) is 0 Å². The van der Waals surface area contributed by atoms with Gasteiger partial charge in [-0.05, 0) is 69.2 Å². The molecule has 2 N–H and O–H groups in total. The van der Waals surface area contributed by atoms with Crippen LogP contribution < -0.4 is 5.32 Å². The van der Waals surface area contributed by atoms with Gasteiger partial charge < -0.3 is 15.3 Å². The Hall–Kier alpha value is -0.120. The molecule has 1 heterocycles. The van der Waals surface area contributed by atoms with Crippen LogP contribution in [-0.4, -0.2) is 48.8 Å². The molecule has 2 unspecified atom stereocenters. The summed E-state index contributed by atoms with van der Waals surface area (Å²) in [5, 5.41) is 12.9. The molecule has 0 aromatic heterocycles. The van der Waals surface area contributed by atoms with Gasteiger partial charge in [-0.2, -0.15) is 0 Å². The van der Waals surface area contributed by atoms with Crippen molar-refractivity contribution in [2.45, 2.75) is 57.4 Å². The van der Waals surface area contributed by atoms with Crippen LogP contribution in [0.5, 0.6) is 0 Å². The highest BCUT2D eigenvalue weighted by Crippen LogP contribution is 2.32. The van der Waals surface area contributed by atoms with Crippen molar-refractivity contribution in [1.29, 1.82) is 0 Å². The fourth-order valence-corrected chi connectivity index (χ4v) is 3.88. The number of nitrogens with one attached hydrogen (secondary N) is 1. The number of piperidine rings is 1. The van der Waals surface area contributed by atoms with Crippen LogP contribution in [0.15, 0.2) is 0 Å². The van der Waals surface area contributed by atoms with Crippen LogP contribution in [0.2, 0.25) is 0 Å². The van der Waals surface area contributed by atoms with Gasteiger partial charge in [-0.15, -0.1) is 0 Å². The largest absolute Gasteiger partial charge is 0.396 e. The smallest absolute Gasteiger partial charge is 0.0431 e. The lowest BCUT2D eigenvalue weighted by molar-refractivity contribution is 0.120. The molecule has 0 aromatic rings. The first-order chi connectivity index (χ1) is 9.83. The molecule has 2 saturated carbocycles. The lowest BCUT2D eigenvalue weighted by Crippen LogP contribution is -2.51. The van der Waals surface area contributed by atoms with E-state index < -0.39 is 0 Å². The van der Waals surface area contributed by atoms with E-state index in [1.54, 1.807) is 0 Å². The van der Waals surface area contributed by atoms with Crippen molar-refractivity contribution in [3.63, 3.8) is 0 Å². The first-order valence-corrected chi connectivity index (χ1v) is 8.90. The Bertz CT molecular complexity index is 289. The Labute approximate surface area is 124 Å². The lowest BCUT2D eigenvalue weighted by Gasteiger charge is -2.39. The number of hydrogen-bond donors (Lipinski definition) is 2. The van der Waals surface area contributed by atoms with Crippen molar-refractivity contribution in [2.24, 2.45) is 17.8 Å². The van der Waals surface area contributed by atoms with E-state index in [1.807, 2.05) is 0 Å². The van der Waals surface area contributed by atoms with Crippen LogP contribution >= 0.6 is 0 Å². The molecule has 3 fully saturated rings. The average Bonchev–Trinajstić information content (AvgIpc) is 3.18. The predicted molar refractivity (Wildman–Crippen MR) is 82.7 cm³/mol. The van der Waals surface area contributed by atoms with Gasteiger partial charge in [-0.1, -0.05) is 6.42 Å². The van der Waals surface area contributed by atoms with E-state index in [9.17, 15) is 0 Å². The normalized spacial score (nSPS) is 32.2. The maximum Gasteiger partial charge on any atom is 0.0431 e. The summed E-state index contributed by atoms with van der Waals surface area (Å²) in [6.07, 6.45) is 10.8. The molecular formula is C17H32N2O. The average molecular weight is 280 g/mol. The van der Waals surface area contributed by atoms with E-state index in [-0.39, 0.29) is 0 Å². The number of nitrogens with zero attached hydrogens (tertiary/aromatic N) is 1. The highest BCUT2D eigenvalue weighted by atomic mass is 16.2. The topological polar surface area (TPSA) is 35.5 Å². The molecule has 3 rings (SSSR count). The van der Waals surface area contributed by atoms with Gasteiger partial charge in [-0.25, -0.2) is 0 Å². The molecule has 1 aliphatic heterocycles. The minimum Gasteiger partial charge on any atom is -0.396 e. The van der Waals surface area contributed by atoms with E-state index in [0.717, 1.165) is 24.2 Å².